The van der Waals surface area contributed by atoms with E-state index in [0.29, 0.717) is 23.7 Å². The number of rotatable bonds is 6. The first-order valence-electron chi connectivity index (χ1n) is 6.93. The van der Waals surface area contributed by atoms with E-state index in [0.717, 1.165) is 5.56 Å². The van der Waals surface area contributed by atoms with Crippen LogP contribution in [0.3, 0.4) is 0 Å². The molecule has 0 bridgehead atoms. The van der Waals surface area contributed by atoms with E-state index in [2.05, 4.69) is 5.32 Å². The fourth-order valence-electron chi connectivity index (χ4n) is 1.94. The van der Waals surface area contributed by atoms with Gasteiger partial charge in [0.2, 0.25) is 0 Å². The topological polar surface area (TPSA) is 38.3 Å². The van der Waals surface area contributed by atoms with E-state index in [-0.39, 0.29) is 5.91 Å². The number of nitrogens with one attached hydrogen (secondary N) is 1. The summed E-state index contributed by atoms with van der Waals surface area (Å²) in [6.45, 7) is 2.36. The van der Waals surface area contributed by atoms with Gasteiger partial charge in [0.1, 0.15) is 5.75 Å². The molecule has 0 saturated carbocycles. The van der Waals surface area contributed by atoms with Crippen LogP contribution in [0.15, 0.2) is 54.6 Å². The van der Waals surface area contributed by atoms with Gasteiger partial charge in [-0.05, 0) is 36.2 Å². The Hall–Kier alpha value is -2.00. The van der Waals surface area contributed by atoms with E-state index in [1.807, 2.05) is 55.5 Å². The maximum Gasteiger partial charge on any atom is 0.261 e. The maximum absolute atomic E-state index is 12.2. The number of halogens is 1. The summed E-state index contributed by atoms with van der Waals surface area (Å²) in [6, 6.07) is 16.8. The average Bonchev–Trinajstić information content (AvgIpc) is 2.51. The summed E-state index contributed by atoms with van der Waals surface area (Å²) in [6.07, 6.45) is 0.114. The summed E-state index contributed by atoms with van der Waals surface area (Å²) in [5.41, 5.74) is 0.963. The van der Waals surface area contributed by atoms with E-state index in [1.54, 1.807) is 6.07 Å². The molecule has 0 radical (unpaired) electrons. The maximum atomic E-state index is 12.2. The van der Waals surface area contributed by atoms with Crippen molar-refractivity contribution in [1.29, 1.82) is 0 Å². The van der Waals surface area contributed by atoms with Crippen molar-refractivity contribution >= 4 is 17.5 Å². The Kier molecular flexibility index (Phi) is 5.64. The second-order valence-corrected chi connectivity index (χ2v) is 5.11. The van der Waals surface area contributed by atoms with Crippen molar-refractivity contribution in [1.82, 2.24) is 5.32 Å². The van der Waals surface area contributed by atoms with Crippen molar-refractivity contribution in [2.75, 3.05) is 0 Å². The van der Waals surface area contributed by atoms with Gasteiger partial charge in [-0.1, -0.05) is 48.9 Å². The Morgan fingerprint density at radius 2 is 1.95 bits per heavy atom. The molecule has 0 aliphatic heterocycles. The second-order valence-electron chi connectivity index (χ2n) is 4.68. The van der Waals surface area contributed by atoms with E-state index < -0.39 is 6.10 Å². The predicted octanol–water partition coefficient (Wildman–Crippen LogP) is 3.81. The predicted molar refractivity (Wildman–Crippen MR) is 84.4 cm³/mol. The Morgan fingerprint density at radius 1 is 1.19 bits per heavy atom. The first kappa shape index (κ1) is 15.4. The van der Waals surface area contributed by atoms with Crippen LogP contribution in [0.25, 0.3) is 0 Å². The lowest BCUT2D eigenvalue weighted by atomic mass is 10.2. The molecule has 0 fully saturated rings. The Bertz CT molecular complexity index is 586. The molecular formula is C17H18ClNO2. The van der Waals surface area contributed by atoms with Crippen LogP contribution in [0, 0.1) is 0 Å². The van der Waals surface area contributed by atoms with Gasteiger partial charge in [-0.15, -0.1) is 0 Å². The van der Waals surface area contributed by atoms with Gasteiger partial charge in [-0.25, -0.2) is 0 Å². The first-order valence-corrected chi connectivity index (χ1v) is 7.30. The summed E-state index contributed by atoms with van der Waals surface area (Å²) in [5.74, 6) is 0.573. The molecule has 21 heavy (non-hydrogen) atoms. The summed E-state index contributed by atoms with van der Waals surface area (Å²) < 4.78 is 5.70. The van der Waals surface area contributed by atoms with Crippen LogP contribution in [0.2, 0.25) is 5.02 Å². The SMILES string of the molecule is CC[C@@H](Oc1ccccc1)C(=O)NCc1cccc(Cl)c1. The first-order chi connectivity index (χ1) is 10.2. The normalized spacial score (nSPS) is 11.7. The minimum absolute atomic E-state index is 0.124. The average molecular weight is 304 g/mol. The minimum Gasteiger partial charge on any atom is -0.481 e. The third-order valence-corrected chi connectivity index (χ3v) is 3.28. The van der Waals surface area contributed by atoms with E-state index in [1.165, 1.54) is 0 Å². The number of benzene rings is 2. The van der Waals surface area contributed by atoms with E-state index >= 15 is 0 Å². The molecule has 1 atom stereocenters. The van der Waals surface area contributed by atoms with Gasteiger partial charge in [0.05, 0.1) is 0 Å². The van der Waals surface area contributed by atoms with Crippen molar-refractivity contribution in [2.24, 2.45) is 0 Å². The lowest BCUT2D eigenvalue weighted by Crippen LogP contribution is -2.37. The van der Waals surface area contributed by atoms with Crippen LogP contribution in [-0.2, 0) is 11.3 Å². The third-order valence-electron chi connectivity index (χ3n) is 3.04. The number of hydrogen-bond acceptors (Lipinski definition) is 2. The highest BCUT2D eigenvalue weighted by Gasteiger charge is 2.17. The molecule has 0 spiro atoms. The van der Waals surface area contributed by atoms with Crippen molar-refractivity contribution in [2.45, 2.75) is 26.0 Å². The van der Waals surface area contributed by atoms with Crippen molar-refractivity contribution in [3.8, 4) is 5.75 Å². The summed E-state index contributed by atoms with van der Waals surface area (Å²) >= 11 is 5.92. The zero-order chi connectivity index (χ0) is 15.1. The molecule has 4 heteroatoms. The lowest BCUT2D eigenvalue weighted by molar-refractivity contribution is -0.128. The smallest absolute Gasteiger partial charge is 0.261 e. The molecule has 0 aliphatic carbocycles. The van der Waals surface area contributed by atoms with Gasteiger partial charge < -0.3 is 10.1 Å². The van der Waals surface area contributed by atoms with Gasteiger partial charge in [0.15, 0.2) is 6.10 Å². The van der Waals surface area contributed by atoms with Gasteiger partial charge in [0, 0.05) is 11.6 Å². The fraction of sp³-hybridized carbons (Fsp3) is 0.235. The summed E-state index contributed by atoms with van der Waals surface area (Å²) in [7, 11) is 0. The van der Waals surface area contributed by atoms with Crippen LogP contribution >= 0.6 is 11.6 Å². The largest absolute Gasteiger partial charge is 0.481 e. The highest BCUT2D eigenvalue weighted by Crippen LogP contribution is 2.13. The molecular weight excluding hydrogens is 286 g/mol. The highest BCUT2D eigenvalue weighted by molar-refractivity contribution is 6.30. The standard InChI is InChI=1S/C17H18ClNO2/c1-2-16(21-15-9-4-3-5-10-15)17(20)19-12-13-7-6-8-14(18)11-13/h3-11,16H,2,12H2,1H3,(H,19,20)/t16-/m1/s1. The van der Waals surface area contributed by atoms with Crippen molar-refractivity contribution < 1.29 is 9.53 Å². The number of carbonyl (C=O) groups excluding carboxylic acids is 1. The minimum atomic E-state index is -0.494. The zero-order valence-corrected chi connectivity index (χ0v) is 12.6. The quantitative estimate of drug-likeness (QED) is 0.881. The molecule has 2 aromatic rings. The molecule has 2 aromatic carbocycles. The van der Waals surface area contributed by atoms with Crippen LogP contribution in [0.1, 0.15) is 18.9 Å². The molecule has 0 aliphatic rings. The van der Waals surface area contributed by atoms with Crippen LogP contribution in [0.4, 0.5) is 0 Å². The molecule has 0 aromatic heterocycles. The third kappa shape index (κ3) is 4.80. The molecule has 2 rings (SSSR count). The number of para-hydroxylation sites is 1. The molecule has 0 saturated heterocycles. The molecule has 1 amide bonds. The summed E-state index contributed by atoms with van der Waals surface area (Å²) in [5, 5.41) is 3.54. The van der Waals surface area contributed by atoms with E-state index in [4.69, 9.17) is 16.3 Å². The van der Waals surface area contributed by atoms with Crippen LogP contribution in [0.5, 0.6) is 5.75 Å². The van der Waals surface area contributed by atoms with Gasteiger partial charge in [-0.2, -0.15) is 0 Å². The molecule has 0 heterocycles. The molecule has 3 nitrogen and oxygen atoms in total. The Balaban J connectivity index is 1.91. The van der Waals surface area contributed by atoms with Crippen LogP contribution < -0.4 is 10.1 Å². The van der Waals surface area contributed by atoms with Gasteiger partial charge >= 0.3 is 0 Å². The zero-order valence-electron chi connectivity index (χ0n) is 11.9. The fourth-order valence-corrected chi connectivity index (χ4v) is 2.15. The second kappa shape index (κ2) is 7.70. The number of amides is 1. The lowest BCUT2D eigenvalue weighted by Gasteiger charge is -2.17. The van der Waals surface area contributed by atoms with Crippen molar-refractivity contribution in [3.63, 3.8) is 0 Å². The Labute approximate surface area is 129 Å². The number of ether oxygens (including phenoxy) is 1. The monoisotopic (exact) mass is 303 g/mol. The number of carbonyl (C=O) groups is 1. The van der Waals surface area contributed by atoms with E-state index in [9.17, 15) is 4.79 Å². The van der Waals surface area contributed by atoms with Gasteiger partial charge in [0.25, 0.3) is 5.91 Å². The Morgan fingerprint density at radius 3 is 2.62 bits per heavy atom. The number of hydrogen-bond donors (Lipinski definition) is 1. The van der Waals surface area contributed by atoms with Gasteiger partial charge in [-0.3, -0.25) is 4.79 Å². The van der Waals surface area contributed by atoms with Crippen molar-refractivity contribution in [3.05, 3.63) is 65.2 Å². The molecule has 0 unspecified atom stereocenters. The molecule has 1 N–H and O–H groups in total. The highest BCUT2D eigenvalue weighted by atomic mass is 35.5. The summed E-state index contributed by atoms with van der Waals surface area (Å²) in [4.78, 5) is 12.2. The molecule has 110 valence electrons. The van der Waals surface area contributed by atoms with Crippen LogP contribution in [-0.4, -0.2) is 12.0 Å².